The molecule has 8 heteroatoms. The van der Waals surface area contributed by atoms with E-state index < -0.39 is 15.9 Å². The molecule has 2 amide bonds. The van der Waals surface area contributed by atoms with Gasteiger partial charge in [-0.3, -0.25) is 9.69 Å². The molecule has 5 rings (SSSR count). The Morgan fingerprint density at radius 2 is 1.62 bits per heavy atom. The molecular formula is C24H19Cl3N2O3. The van der Waals surface area contributed by atoms with Crippen molar-refractivity contribution >= 4 is 84.8 Å². The monoisotopic (exact) mass is 488 g/mol. The molecule has 0 radical (unpaired) electrons. The predicted molar refractivity (Wildman–Crippen MR) is 130 cm³/mol. The lowest BCUT2D eigenvalue weighted by atomic mass is 9.93. The van der Waals surface area contributed by atoms with Crippen molar-refractivity contribution in [2.24, 2.45) is 0 Å². The Morgan fingerprint density at radius 3 is 2.34 bits per heavy atom. The van der Waals surface area contributed by atoms with Crippen molar-refractivity contribution in [1.29, 1.82) is 0 Å². The van der Waals surface area contributed by atoms with Gasteiger partial charge in [-0.2, -0.15) is 0 Å². The third kappa shape index (κ3) is 3.90. The van der Waals surface area contributed by atoms with Crippen molar-refractivity contribution < 1.29 is 14.3 Å². The Hall–Kier alpha value is -2.47. The number of amides is 2. The molecule has 0 aromatic heterocycles. The first-order chi connectivity index (χ1) is 15.3. The Labute approximate surface area is 199 Å². The summed E-state index contributed by atoms with van der Waals surface area (Å²) in [5.41, 5.74) is 0.710. The van der Waals surface area contributed by atoms with Crippen LogP contribution in [0.2, 0.25) is 0 Å². The number of ether oxygens (including phenoxy) is 1. The van der Waals surface area contributed by atoms with Crippen LogP contribution in [0.5, 0.6) is 0 Å². The molecule has 1 atom stereocenters. The smallest absolute Gasteiger partial charge is 0.410 e. The van der Waals surface area contributed by atoms with Gasteiger partial charge in [0.15, 0.2) is 0 Å². The average molecular weight is 490 g/mol. The minimum Gasteiger partial charge on any atom is -0.445 e. The van der Waals surface area contributed by atoms with Gasteiger partial charge in [-0.1, -0.05) is 83.3 Å². The SMILES string of the molecule is O=C(Nc1ccc2ccc3cccc4ccc1c2c34)C1CCCN1C(=O)OCC(Cl)(Cl)Cl. The van der Waals surface area contributed by atoms with Crippen LogP contribution in [0.3, 0.4) is 0 Å². The summed E-state index contributed by atoms with van der Waals surface area (Å²) in [4.78, 5) is 27.0. The van der Waals surface area contributed by atoms with Crippen LogP contribution in [0, 0.1) is 0 Å². The summed E-state index contributed by atoms with van der Waals surface area (Å²) < 4.78 is 3.38. The maximum absolute atomic E-state index is 13.2. The van der Waals surface area contributed by atoms with Crippen LogP contribution >= 0.6 is 34.8 Å². The van der Waals surface area contributed by atoms with Gasteiger partial charge in [-0.25, -0.2) is 4.79 Å². The molecule has 1 saturated heterocycles. The highest BCUT2D eigenvalue weighted by Gasteiger charge is 2.36. The number of halogens is 3. The van der Waals surface area contributed by atoms with Crippen LogP contribution in [0.4, 0.5) is 10.5 Å². The summed E-state index contributed by atoms with van der Waals surface area (Å²) in [6.45, 7) is 0.0334. The molecule has 1 fully saturated rings. The fraction of sp³-hybridized carbons (Fsp3) is 0.250. The van der Waals surface area contributed by atoms with Crippen LogP contribution in [0.15, 0.2) is 54.6 Å². The highest BCUT2D eigenvalue weighted by molar-refractivity contribution is 6.67. The van der Waals surface area contributed by atoms with Crippen molar-refractivity contribution in [2.75, 3.05) is 18.5 Å². The molecule has 0 saturated carbocycles. The Morgan fingerprint density at radius 1 is 0.969 bits per heavy atom. The van der Waals surface area contributed by atoms with E-state index in [0.717, 1.165) is 26.9 Å². The molecule has 1 unspecified atom stereocenters. The number of nitrogens with one attached hydrogen (secondary N) is 1. The maximum Gasteiger partial charge on any atom is 0.410 e. The highest BCUT2D eigenvalue weighted by Crippen LogP contribution is 2.38. The summed E-state index contributed by atoms with van der Waals surface area (Å²) in [6, 6.07) is 17.8. The number of carbonyl (C=O) groups excluding carboxylic acids is 2. The van der Waals surface area contributed by atoms with Gasteiger partial charge in [0, 0.05) is 17.6 Å². The quantitative estimate of drug-likeness (QED) is 0.264. The van der Waals surface area contributed by atoms with Crippen molar-refractivity contribution in [3.8, 4) is 0 Å². The fourth-order valence-electron chi connectivity index (χ4n) is 4.54. The topological polar surface area (TPSA) is 58.6 Å². The Kier molecular flexibility index (Phi) is 5.44. The second kappa shape index (κ2) is 8.14. The van der Waals surface area contributed by atoms with Crippen molar-refractivity contribution in [3.63, 3.8) is 0 Å². The van der Waals surface area contributed by atoms with Gasteiger partial charge in [-0.05, 0) is 45.8 Å². The van der Waals surface area contributed by atoms with Crippen LogP contribution < -0.4 is 5.32 Å². The molecule has 4 aromatic rings. The molecule has 4 aromatic carbocycles. The standard InChI is InChI=1S/C24H19Cl3N2O3/c25-24(26,27)13-32-23(31)29-12-2-5-19(29)22(30)28-18-11-9-16-7-6-14-3-1-4-15-8-10-17(18)21(16)20(14)15/h1,3-4,6-11,19H,2,5,12-13H2,(H,28,30). The second-order valence-electron chi connectivity index (χ2n) is 7.98. The molecule has 32 heavy (non-hydrogen) atoms. The van der Waals surface area contributed by atoms with Gasteiger partial charge < -0.3 is 10.1 Å². The zero-order valence-electron chi connectivity index (χ0n) is 16.9. The van der Waals surface area contributed by atoms with Crippen LogP contribution in [0.25, 0.3) is 32.3 Å². The summed E-state index contributed by atoms with van der Waals surface area (Å²) in [6.07, 6.45) is 0.573. The number of likely N-dealkylation sites (tertiary alicyclic amines) is 1. The first kappa shape index (κ1) is 21.4. The van der Waals surface area contributed by atoms with Gasteiger partial charge in [-0.15, -0.1) is 0 Å². The van der Waals surface area contributed by atoms with Crippen molar-refractivity contribution in [2.45, 2.75) is 22.7 Å². The molecule has 0 spiro atoms. The predicted octanol–water partition coefficient (Wildman–Crippen LogP) is 6.49. The van der Waals surface area contributed by atoms with Crippen molar-refractivity contribution in [1.82, 2.24) is 4.90 Å². The average Bonchev–Trinajstić information content (AvgIpc) is 3.26. The molecule has 164 valence electrons. The largest absolute Gasteiger partial charge is 0.445 e. The third-order valence-electron chi connectivity index (χ3n) is 5.94. The minimum absolute atomic E-state index is 0.261. The zero-order chi connectivity index (χ0) is 22.5. The van der Waals surface area contributed by atoms with E-state index in [2.05, 4.69) is 35.6 Å². The first-order valence-corrected chi connectivity index (χ1v) is 11.4. The van der Waals surface area contributed by atoms with Crippen LogP contribution in [0.1, 0.15) is 12.8 Å². The van der Waals surface area contributed by atoms with Crippen molar-refractivity contribution in [3.05, 3.63) is 54.6 Å². The number of alkyl halides is 3. The van der Waals surface area contributed by atoms with E-state index in [9.17, 15) is 9.59 Å². The van der Waals surface area contributed by atoms with Crippen LogP contribution in [-0.2, 0) is 9.53 Å². The molecule has 0 aliphatic carbocycles. The van der Waals surface area contributed by atoms with Gasteiger partial charge in [0.2, 0.25) is 9.70 Å². The molecular weight excluding hydrogens is 471 g/mol. The van der Waals surface area contributed by atoms with E-state index in [4.69, 9.17) is 39.5 Å². The van der Waals surface area contributed by atoms with E-state index in [0.29, 0.717) is 25.1 Å². The van der Waals surface area contributed by atoms with E-state index in [1.807, 2.05) is 24.3 Å². The molecule has 1 aliphatic heterocycles. The molecule has 1 aliphatic rings. The van der Waals surface area contributed by atoms with E-state index >= 15 is 0 Å². The third-order valence-corrected chi connectivity index (χ3v) is 6.26. The lowest BCUT2D eigenvalue weighted by molar-refractivity contribution is -0.120. The fourth-order valence-corrected chi connectivity index (χ4v) is 4.71. The molecule has 0 bridgehead atoms. The Bertz CT molecular complexity index is 1320. The van der Waals surface area contributed by atoms with Crippen LogP contribution in [-0.4, -0.2) is 39.9 Å². The van der Waals surface area contributed by atoms with E-state index in [1.165, 1.54) is 10.3 Å². The number of benzene rings is 4. The highest BCUT2D eigenvalue weighted by atomic mass is 35.6. The second-order valence-corrected chi connectivity index (χ2v) is 10.5. The van der Waals surface area contributed by atoms with Gasteiger partial charge in [0.25, 0.3) is 0 Å². The Balaban J connectivity index is 1.44. The lowest BCUT2D eigenvalue weighted by Crippen LogP contribution is -2.44. The number of anilines is 1. The normalized spacial score (nSPS) is 16.8. The number of hydrogen-bond acceptors (Lipinski definition) is 3. The number of nitrogens with zero attached hydrogens (tertiary/aromatic N) is 1. The van der Waals surface area contributed by atoms with E-state index in [-0.39, 0.29) is 12.5 Å². The van der Waals surface area contributed by atoms with E-state index in [1.54, 1.807) is 0 Å². The summed E-state index contributed by atoms with van der Waals surface area (Å²) in [7, 11) is 0. The summed E-state index contributed by atoms with van der Waals surface area (Å²) in [5, 5.41) is 9.70. The van der Waals surface area contributed by atoms with Gasteiger partial charge >= 0.3 is 6.09 Å². The number of hydrogen-bond donors (Lipinski definition) is 1. The zero-order valence-corrected chi connectivity index (χ0v) is 19.2. The summed E-state index contributed by atoms with van der Waals surface area (Å²) >= 11 is 17.0. The van der Waals surface area contributed by atoms with Gasteiger partial charge in [0.05, 0.1) is 0 Å². The minimum atomic E-state index is -1.70. The molecule has 5 nitrogen and oxygen atoms in total. The summed E-state index contributed by atoms with van der Waals surface area (Å²) in [5.74, 6) is -0.261. The van der Waals surface area contributed by atoms with Gasteiger partial charge in [0.1, 0.15) is 12.6 Å². The number of rotatable bonds is 3. The molecule has 1 N–H and O–H groups in total. The first-order valence-electron chi connectivity index (χ1n) is 10.3. The maximum atomic E-state index is 13.2. The molecule has 1 heterocycles. The number of carbonyl (C=O) groups is 2. The lowest BCUT2D eigenvalue weighted by Gasteiger charge is -2.24.